The number of aliphatic hydroxyl groups is 1. The molecule has 1 atom stereocenters. The molecule has 0 saturated heterocycles. The number of rotatable bonds is 18. The summed E-state index contributed by atoms with van der Waals surface area (Å²) in [6.45, 7) is 2.82. The monoisotopic (exact) mass is 585 g/mol. The van der Waals surface area contributed by atoms with Gasteiger partial charge in [-0.05, 0) is 84.5 Å². The van der Waals surface area contributed by atoms with Gasteiger partial charge in [-0.15, -0.1) is 0 Å². The summed E-state index contributed by atoms with van der Waals surface area (Å²) in [4.78, 5) is 11.7. The van der Waals surface area contributed by atoms with Gasteiger partial charge in [0.15, 0.2) is 0 Å². The minimum atomic E-state index is -1.22. The number of carbonyl (C=O) groups is 1. The van der Waals surface area contributed by atoms with Crippen molar-refractivity contribution in [3.63, 3.8) is 0 Å². The summed E-state index contributed by atoms with van der Waals surface area (Å²) in [5, 5.41) is 45.8. The van der Waals surface area contributed by atoms with Gasteiger partial charge in [0.2, 0.25) is 0 Å². The molecule has 0 aliphatic heterocycles. The Labute approximate surface area is 253 Å². The molecule has 0 fully saturated rings. The van der Waals surface area contributed by atoms with Crippen molar-refractivity contribution < 1.29 is 30.0 Å². The van der Waals surface area contributed by atoms with Crippen LogP contribution in [0.25, 0.3) is 10.8 Å². The van der Waals surface area contributed by atoms with Crippen molar-refractivity contribution in [2.24, 2.45) is 0 Å². The quantitative estimate of drug-likeness (QED) is 0.0819. The summed E-state index contributed by atoms with van der Waals surface area (Å²) in [5.74, 6) is -1.43. The third-order valence-electron chi connectivity index (χ3n) is 7.78. The molecule has 0 unspecified atom stereocenters. The minimum Gasteiger partial charge on any atom is -0.508 e. The summed E-state index contributed by atoms with van der Waals surface area (Å²) >= 11 is 0. The van der Waals surface area contributed by atoms with Gasteiger partial charge in [-0.1, -0.05) is 73.5 Å². The first-order chi connectivity index (χ1) is 20.9. The molecule has 0 aliphatic rings. The lowest BCUT2D eigenvalue weighted by Gasteiger charge is -2.16. The van der Waals surface area contributed by atoms with Gasteiger partial charge in [0.25, 0.3) is 0 Å². The number of aromatic hydroxyl groups is 2. The lowest BCUT2D eigenvalue weighted by atomic mass is 9.93. The zero-order valence-corrected chi connectivity index (χ0v) is 24.7. The van der Waals surface area contributed by atoms with Crippen LogP contribution in [0.1, 0.15) is 77.2 Å². The molecular formula is C36H43NO6. The molecule has 4 aromatic carbocycles. The van der Waals surface area contributed by atoms with Crippen molar-refractivity contribution in [3.05, 3.63) is 107 Å². The molecule has 7 heteroatoms. The topological polar surface area (TPSA) is 119 Å². The third-order valence-corrected chi connectivity index (χ3v) is 7.78. The highest BCUT2D eigenvalue weighted by Gasteiger charge is 2.18. The Hall–Kier alpha value is -3.91. The Kier molecular flexibility index (Phi) is 12.4. The lowest BCUT2D eigenvalue weighted by Crippen LogP contribution is -2.22. The average Bonchev–Trinajstić information content (AvgIpc) is 3.02. The molecule has 0 aliphatic carbocycles. The minimum absolute atomic E-state index is 0.0640. The highest BCUT2D eigenvalue weighted by Crippen LogP contribution is 2.34. The third kappa shape index (κ3) is 9.55. The molecule has 0 aromatic heterocycles. The summed E-state index contributed by atoms with van der Waals surface area (Å²) in [6.07, 6.45) is 7.13. The Morgan fingerprint density at radius 2 is 1.47 bits per heavy atom. The summed E-state index contributed by atoms with van der Waals surface area (Å²) in [5.41, 5.74) is 3.10. The number of hydrogen-bond acceptors (Lipinski definition) is 6. The first kappa shape index (κ1) is 32.0. The van der Waals surface area contributed by atoms with Crippen molar-refractivity contribution in [1.29, 1.82) is 0 Å². The first-order valence-corrected chi connectivity index (χ1v) is 15.2. The van der Waals surface area contributed by atoms with Crippen molar-refractivity contribution >= 4 is 16.7 Å². The molecule has 4 rings (SSSR count). The SMILES string of the molecule is O=C(O)c1cc(Cc2cc([C@H](O)CNCCCCCCOCCCCc3ccccc3)ccc2O)c2ccccc2c1O. The molecule has 0 amide bonds. The Balaban J connectivity index is 1.15. The van der Waals surface area contributed by atoms with E-state index in [0.717, 1.165) is 64.7 Å². The molecule has 4 aromatic rings. The fourth-order valence-corrected chi connectivity index (χ4v) is 5.35. The summed E-state index contributed by atoms with van der Waals surface area (Å²) < 4.78 is 5.77. The highest BCUT2D eigenvalue weighted by molar-refractivity contribution is 6.02. The second-order valence-corrected chi connectivity index (χ2v) is 11.0. The Bertz CT molecular complexity index is 1460. The molecule has 5 N–H and O–H groups in total. The van der Waals surface area contributed by atoms with Gasteiger partial charge >= 0.3 is 5.97 Å². The molecule has 0 bridgehead atoms. The predicted octanol–water partition coefficient (Wildman–Crippen LogP) is 6.76. The van der Waals surface area contributed by atoms with Crippen LogP contribution >= 0.6 is 0 Å². The number of ether oxygens (including phenoxy) is 1. The van der Waals surface area contributed by atoms with Crippen molar-refractivity contribution in [3.8, 4) is 11.5 Å². The van der Waals surface area contributed by atoms with E-state index >= 15 is 0 Å². The van der Waals surface area contributed by atoms with Crippen LogP contribution in [0.2, 0.25) is 0 Å². The maximum absolute atomic E-state index is 11.7. The van der Waals surface area contributed by atoms with E-state index in [9.17, 15) is 25.2 Å². The lowest BCUT2D eigenvalue weighted by molar-refractivity contribution is 0.0694. The van der Waals surface area contributed by atoms with E-state index in [4.69, 9.17) is 4.74 Å². The maximum Gasteiger partial charge on any atom is 0.339 e. The second-order valence-electron chi connectivity index (χ2n) is 11.0. The second kappa shape index (κ2) is 16.7. The number of aromatic carboxylic acids is 1. The summed E-state index contributed by atoms with van der Waals surface area (Å²) in [7, 11) is 0. The predicted molar refractivity (Wildman–Crippen MR) is 170 cm³/mol. The standard InChI is InChI=1S/C36H43NO6/c38-33-18-17-27(22-29(33)23-28-24-32(36(41)42)35(40)31-16-7-6-15-30(28)31)34(39)25-37-19-9-1-2-10-20-43-21-11-8-14-26-12-4-3-5-13-26/h3-7,12-13,15-18,22,24,34,37-40H,1-2,8-11,14,19-21,23,25H2,(H,41,42)/t34-/m1/s1. The smallest absolute Gasteiger partial charge is 0.339 e. The van der Waals surface area contributed by atoms with E-state index < -0.39 is 12.1 Å². The molecule has 0 radical (unpaired) electrons. The molecular weight excluding hydrogens is 542 g/mol. The van der Waals surface area contributed by atoms with E-state index in [2.05, 4.69) is 29.6 Å². The average molecular weight is 586 g/mol. The van der Waals surface area contributed by atoms with Crippen LogP contribution in [0.15, 0.2) is 78.9 Å². The number of unbranched alkanes of at least 4 members (excludes halogenated alkanes) is 4. The van der Waals surface area contributed by atoms with E-state index in [-0.39, 0.29) is 23.5 Å². The van der Waals surface area contributed by atoms with Crippen LogP contribution in [0.4, 0.5) is 0 Å². The van der Waals surface area contributed by atoms with Crippen molar-refractivity contribution in [1.82, 2.24) is 5.32 Å². The van der Waals surface area contributed by atoms with E-state index in [1.807, 2.05) is 18.2 Å². The molecule has 0 saturated carbocycles. The fraction of sp³-hybridized carbons (Fsp3) is 0.361. The number of nitrogens with one attached hydrogen (secondary N) is 1. The van der Waals surface area contributed by atoms with Gasteiger partial charge in [-0.3, -0.25) is 0 Å². The van der Waals surface area contributed by atoms with Crippen LogP contribution in [0.3, 0.4) is 0 Å². The van der Waals surface area contributed by atoms with Gasteiger partial charge < -0.3 is 30.5 Å². The molecule has 0 heterocycles. The van der Waals surface area contributed by atoms with Crippen molar-refractivity contribution in [2.75, 3.05) is 26.3 Å². The number of aliphatic hydroxyl groups excluding tert-OH is 1. The normalized spacial score (nSPS) is 12.0. The highest BCUT2D eigenvalue weighted by atomic mass is 16.5. The number of phenols is 2. The zero-order chi connectivity index (χ0) is 30.4. The number of hydrogen-bond donors (Lipinski definition) is 5. The van der Waals surface area contributed by atoms with Gasteiger partial charge in [0.1, 0.15) is 17.1 Å². The van der Waals surface area contributed by atoms with Crippen LogP contribution in [-0.4, -0.2) is 52.7 Å². The fourth-order valence-electron chi connectivity index (χ4n) is 5.35. The molecule has 228 valence electrons. The van der Waals surface area contributed by atoms with Gasteiger partial charge in [-0.2, -0.15) is 0 Å². The van der Waals surface area contributed by atoms with E-state index in [0.29, 0.717) is 34.0 Å². The van der Waals surface area contributed by atoms with E-state index in [1.54, 1.807) is 30.3 Å². The van der Waals surface area contributed by atoms with Gasteiger partial charge in [-0.25, -0.2) is 4.79 Å². The summed E-state index contributed by atoms with van der Waals surface area (Å²) in [6, 6.07) is 24.1. The Morgan fingerprint density at radius 3 is 2.23 bits per heavy atom. The van der Waals surface area contributed by atoms with Gasteiger partial charge in [0, 0.05) is 31.6 Å². The Morgan fingerprint density at radius 1 is 0.767 bits per heavy atom. The van der Waals surface area contributed by atoms with Crippen LogP contribution < -0.4 is 5.32 Å². The molecule has 0 spiro atoms. The maximum atomic E-state index is 11.7. The number of fused-ring (bicyclic) bond motifs is 1. The largest absolute Gasteiger partial charge is 0.508 e. The van der Waals surface area contributed by atoms with Crippen molar-refractivity contribution in [2.45, 2.75) is 57.5 Å². The number of carboxylic acid groups (broad SMARTS) is 1. The number of aryl methyl sites for hydroxylation is 1. The van der Waals surface area contributed by atoms with E-state index in [1.165, 1.54) is 11.6 Å². The molecule has 7 nitrogen and oxygen atoms in total. The number of benzene rings is 4. The van der Waals surface area contributed by atoms with Crippen LogP contribution in [-0.2, 0) is 17.6 Å². The van der Waals surface area contributed by atoms with Gasteiger partial charge in [0.05, 0.1) is 6.10 Å². The van der Waals surface area contributed by atoms with Crippen LogP contribution in [0.5, 0.6) is 11.5 Å². The number of carboxylic acids is 1. The molecule has 43 heavy (non-hydrogen) atoms. The van der Waals surface area contributed by atoms with Crippen LogP contribution in [0, 0.1) is 0 Å². The first-order valence-electron chi connectivity index (χ1n) is 15.2. The zero-order valence-electron chi connectivity index (χ0n) is 24.7. The number of phenolic OH excluding ortho intramolecular Hbond substituents is 1.